The van der Waals surface area contributed by atoms with Crippen LogP contribution >= 0.6 is 0 Å². The van der Waals surface area contributed by atoms with Gasteiger partial charge in [0.15, 0.2) is 11.2 Å². The van der Waals surface area contributed by atoms with Gasteiger partial charge in [-0.3, -0.25) is 19.4 Å². The SMILES string of the molecule is CCNC(=O)CC[C@H](NC(=O)c1ccc(CCc2cnc3nc(N)[nH]c(=O)c3n2)cc1)C(=O)O. The first-order valence-electron chi connectivity index (χ1n) is 10.7. The topological polar surface area (TPSA) is 193 Å². The van der Waals surface area contributed by atoms with Crippen LogP contribution in [-0.4, -0.2) is 55.4 Å². The highest BCUT2D eigenvalue weighted by molar-refractivity contribution is 5.96. The normalized spacial score (nSPS) is 11.7. The fourth-order valence-corrected chi connectivity index (χ4v) is 3.25. The summed E-state index contributed by atoms with van der Waals surface area (Å²) in [7, 11) is 0. The van der Waals surface area contributed by atoms with E-state index >= 15 is 0 Å². The number of aliphatic carboxylic acids is 1. The number of benzene rings is 1. The molecule has 12 nitrogen and oxygen atoms in total. The molecule has 0 spiro atoms. The van der Waals surface area contributed by atoms with Crippen molar-refractivity contribution in [2.45, 2.75) is 38.6 Å². The van der Waals surface area contributed by atoms with Gasteiger partial charge in [-0.25, -0.2) is 14.8 Å². The number of H-pyrrole nitrogens is 1. The van der Waals surface area contributed by atoms with Crippen molar-refractivity contribution in [3.8, 4) is 0 Å². The third-order valence-electron chi connectivity index (χ3n) is 5.01. The highest BCUT2D eigenvalue weighted by atomic mass is 16.4. The minimum absolute atomic E-state index is 0.00297. The van der Waals surface area contributed by atoms with Crippen LogP contribution in [0.5, 0.6) is 0 Å². The number of nitrogens with two attached hydrogens (primary N) is 1. The summed E-state index contributed by atoms with van der Waals surface area (Å²) in [5.74, 6) is -2.04. The second-order valence-electron chi connectivity index (χ2n) is 7.54. The number of nitrogen functional groups attached to an aromatic ring is 1. The largest absolute Gasteiger partial charge is 0.480 e. The van der Waals surface area contributed by atoms with E-state index in [1.54, 1.807) is 31.2 Å². The highest BCUT2D eigenvalue weighted by Crippen LogP contribution is 2.10. The molecule has 3 aromatic rings. The maximum Gasteiger partial charge on any atom is 0.326 e. The van der Waals surface area contributed by atoms with E-state index in [0.29, 0.717) is 30.6 Å². The number of anilines is 1. The van der Waals surface area contributed by atoms with Crippen LogP contribution in [0.3, 0.4) is 0 Å². The number of rotatable bonds is 10. The minimum Gasteiger partial charge on any atom is -0.480 e. The third kappa shape index (κ3) is 6.34. The van der Waals surface area contributed by atoms with Crippen molar-refractivity contribution in [3.63, 3.8) is 0 Å². The quantitative estimate of drug-likeness (QED) is 0.276. The number of carboxylic acid groups (broad SMARTS) is 1. The number of hydrogen-bond donors (Lipinski definition) is 5. The molecule has 12 heteroatoms. The van der Waals surface area contributed by atoms with Crippen molar-refractivity contribution in [3.05, 3.63) is 57.6 Å². The first kappa shape index (κ1) is 24.3. The van der Waals surface area contributed by atoms with Gasteiger partial charge in [-0.1, -0.05) is 12.1 Å². The molecule has 1 atom stereocenters. The molecule has 0 aliphatic rings. The summed E-state index contributed by atoms with van der Waals surface area (Å²) in [6.45, 7) is 2.22. The summed E-state index contributed by atoms with van der Waals surface area (Å²) < 4.78 is 0. The summed E-state index contributed by atoms with van der Waals surface area (Å²) in [5, 5.41) is 14.4. The Kier molecular flexibility index (Phi) is 7.85. The van der Waals surface area contributed by atoms with Gasteiger partial charge in [-0.2, -0.15) is 4.98 Å². The summed E-state index contributed by atoms with van der Waals surface area (Å²) in [5.41, 5.74) is 7.13. The molecule has 2 amide bonds. The number of aromatic nitrogens is 4. The van der Waals surface area contributed by atoms with E-state index in [-0.39, 0.29) is 35.9 Å². The molecule has 0 fully saturated rings. The number of carbonyl (C=O) groups is 3. The maximum absolute atomic E-state index is 12.5. The molecule has 0 aliphatic carbocycles. The second-order valence-corrected chi connectivity index (χ2v) is 7.54. The Hall–Kier alpha value is -4.35. The monoisotopic (exact) mass is 467 g/mol. The number of hydrogen-bond acceptors (Lipinski definition) is 8. The lowest BCUT2D eigenvalue weighted by molar-refractivity contribution is -0.139. The van der Waals surface area contributed by atoms with Crippen molar-refractivity contribution in [1.29, 1.82) is 0 Å². The number of carbonyl (C=O) groups excluding carboxylic acids is 2. The first-order chi connectivity index (χ1) is 16.3. The summed E-state index contributed by atoms with van der Waals surface area (Å²) in [4.78, 5) is 62.2. The van der Waals surface area contributed by atoms with Gasteiger partial charge in [0, 0.05) is 18.5 Å². The summed E-state index contributed by atoms with van der Waals surface area (Å²) in [6.07, 6.45) is 2.59. The summed E-state index contributed by atoms with van der Waals surface area (Å²) >= 11 is 0. The molecule has 2 heterocycles. The van der Waals surface area contributed by atoms with E-state index in [4.69, 9.17) is 5.73 Å². The third-order valence-corrected chi connectivity index (χ3v) is 5.01. The van der Waals surface area contributed by atoms with Gasteiger partial charge in [0.1, 0.15) is 6.04 Å². The molecule has 0 saturated carbocycles. The van der Waals surface area contributed by atoms with Gasteiger partial charge >= 0.3 is 5.97 Å². The van der Waals surface area contributed by atoms with Gasteiger partial charge in [0.2, 0.25) is 11.9 Å². The molecule has 2 aromatic heterocycles. The Morgan fingerprint density at radius 3 is 2.56 bits per heavy atom. The Balaban J connectivity index is 1.59. The minimum atomic E-state index is -1.21. The van der Waals surface area contributed by atoms with E-state index in [2.05, 4.69) is 30.6 Å². The number of carboxylic acids is 1. The van der Waals surface area contributed by atoms with E-state index in [1.165, 1.54) is 6.20 Å². The number of fused-ring (bicyclic) bond motifs is 1. The van der Waals surface area contributed by atoms with E-state index < -0.39 is 23.5 Å². The number of amides is 2. The lowest BCUT2D eigenvalue weighted by atomic mass is 10.1. The van der Waals surface area contributed by atoms with Crippen LogP contribution in [0, 0.1) is 0 Å². The molecule has 34 heavy (non-hydrogen) atoms. The fraction of sp³-hybridized carbons (Fsp3) is 0.318. The van der Waals surface area contributed by atoms with Crippen LogP contribution in [0.1, 0.15) is 41.4 Å². The maximum atomic E-state index is 12.5. The molecule has 0 unspecified atom stereocenters. The first-order valence-corrected chi connectivity index (χ1v) is 10.7. The lowest BCUT2D eigenvalue weighted by Gasteiger charge is -2.14. The Morgan fingerprint density at radius 2 is 1.88 bits per heavy atom. The Labute approximate surface area is 194 Å². The number of nitrogens with zero attached hydrogens (tertiary/aromatic N) is 3. The van der Waals surface area contributed by atoms with Crippen LogP contribution in [0.15, 0.2) is 35.3 Å². The average Bonchev–Trinajstić information content (AvgIpc) is 2.80. The fourth-order valence-electron chi connectivity index (χ4n) is 3.25. The molecule has 0 radical (unpaired) electrons. The Bertz CT molecular complexity index is 1260. The Morgan fingerprint density at radius 1 is 1.15 bits per heavy atom. The zero-order chi connectivity index (χ0) is 24.7. The van der Waals surface area contributed by atoms with Crippen LogP contribution in [0.2, 0.25) is 0 Å². The molecular formula is C22H25N7O5. The molecule has 6 N–H and O–H groups in total. The zero-order valence-electron chi connectivity index (χ0n) is 18.5. The molecule has 178 valence electrons. The second kappa shape index (κ2) is 11.0. The van der Waals surface area contributed by atoms with E-state index in [9.17, 15) is 24.3 Å². The molecule has 0 aliphatic heterocycles. The highest BCUT2D eigenvalue weighted by Gasteiger charge is 2.21. The van der Waals surface area contributed by atoms with Gasteiger partial charge in [0.05, 0.1) is 11.9 Å². The van der Waals surface area contributed by atoms with E-state index in [0.717, 1.165) is 5.56 Å². The number of nitrogens with one attached hydrogen (secondary N) is 3. The van der Waals surface area contributed by atoms with Crippen LogP contribution in [0.25, 0.3) is 11.2 Å². The molecule has 0 bridgehead atoms. The van der Waals surface area contributed by atoms with Crippen molar-refractivity contribution < 1.29 is 19.5 Å². The van der Waals surface area contributed by atoms with Gasteiger partial charge in [-0.05, 0) is 43.9 Å². The van der Waals surface area contributed by atoms with Crippen molar-refractivity contribution >= 4 is 34.9 Å². The van der Waals surface area contributed by atoms with Crippen LogP contribution in [0.4, 0.5) is 5.95 Å². The standard InChI is InChI=1S/C22H25N7O5/c1-2-24-16(30)10-9-15(21(33)34)27-19(31)13-6-3-12(4-7-13)5-8-14-11-25-18-17(26-14)20(32)29-22(23)28-18/h3-4,6-7,11,15H,2,5,8-10H2,1H3,(H,24,30)(H,27,31)(H,33,34)(H3,23,25,28,29,32)/t15-/m0/s1. The zero-order valence-corrected chi connectivity index (χ0v) is 18.5. The van der Waals surface area contributed by atoms with Gasteiger partial charge < -0.3 is 21.5 Å². The smallest absolute Gasteiger partial charge is 0.326 e. The predicted molar refractivity (Wildman–Crippen MR) is 123 cm³/mol. The number of aromatic amines is 1. The molecule has 3 rings (SSSR count). The summed E-state index contributed by atoms with van der Waals surface area (Å²) in [6, 6.07) is 5.52. The average molecular weight is 467 g/mol. The van der Waals surface area contributed by atoms with Crippen molar-refractivity contribution in [2.24, 2.45) is 0 Å². The van der Waals surface area contributed by atoms with Gasteiger partial charge in [-0.15, -0.1) is 0 Å². The van der Waals surface area contributed by atoms with Gasteiger partial charge in [0.25, 0.3) is 11.5 Å². The number of aryl methyl sites for hydroxylation is 2. The lowest BCUT2D eigenvalue weighted by Crippen LogP contribution is -2.41. The van der Waals surface area contributed by atoms with Crippen LogP contribution < -0.4 is 21.9 Å². The molecule has 0 saturated heterocycles. The van der Waals surface area contributed by atoms with Crippen LogP contribution in [-0.2, 0) is 22.4 Å². The molecule has 1 aromatic carbocycles. The van der Waals surface area contributed by atoms with Crippen molar-refractivity contribution in [1.82, 2.24) is 30.6 Å². The molecular weight excluding hydrogens is 442 g/mol. The van der Waals surface area contributed by atoms with Crippen molar-refractivity contribution in [2.75, 3.05) is 12.3 Å². The predicted octanol–water partition coefficient (Wildman–Crippen LogP) is 0.180. The van der Waals surface area contributed by atoms with E-state index in [1.807, 2.05) is 0 Å².